The average Bonchev–Trinajstić information content (AvgIpc) is 3.35. The molecule has 1 N–H and O–H groups in total. The monoisotopic (exact) mass is 378 g/mol. The zero-order chi connectivity index (χ0) is 16.4. The lowest BCUT2D eigenvalue weighted by molar-refractivity contribution is -0.123. The average molecular weight is 379 g/mol. The van der Waals surface area contributed by atoms with Gasteiger partial charge in [-0.25, -0.2) is 0 Å². The molecular formula is C19H27BrN2O. The number of nitrogens with one attached hydrogen (secondary N) is 1. The van der Waals surface area contributed by atoms with Gasteiger partial charge >= 0.3 is 0 Å². The maximum Gasteiger partial charge on any atom is 0.230 e. The molecule has 1 saturated carbocycles. The van der Waals surface area contributed by atoms with Crippen molar-refractivity contribution in [2.24, 2.45) is 5.92 Å². The lowest BCUT2D eigenvalue weighted by Crippen LogP contribution is -2.47. The highest BCUT2D eigenvalue weighted by molar-refractivity contribution is 9.10. The van der Waals surface area contributed by atoms with E-state index in [1.165, 1.54) is 12.8 Å². The molecule has 1 amide bonds. The van der Waals surface area contributed by atoms with Gasteiger partial charge in [0.2, 0.25) is 5.91 Å². The summed E-state index contributed by atoms with van der Waals surface area (Å²) in [5.41, 5.74) is 0.884. The van der Waals surface area contributed by atoms with Crippen molar-refractivity contribution in [2.75, 3.05) is 19.6 Å². The van der Waals surface area contributed by atoms with Crippen molar-refractivity contribution in [2.45, 2.75) is 51.0 Å². The highest BCUT2D eigenvalue weighted by Gasteiger charge is 2.51. The van der Waals surface area contributed by atoms with E-state index in [0.717, 1.165) is 48.4 Å². The minimum absolute atomic E-state index is 0.206. The summed E-state index contributed by atoms with van der Waals surface area (Å²) in [7, 11) is 0. The number of carbonyl (C=O) groups excluding carboxylic acids is 1. The van der Waals surface area contributed by atoms with Gasteiger partial charge in [-0.05, 0) is 69.3 Å². The van der Waals surface area contributed by atoms with Gasteiger partial charge in [0.1, 0.15) is 0 Å². The first-order chi connectivity index (χ1) is 11.0. The Balaban J connectivity index is 1.54. The molecule has 1 heterocycles. The lowest BCUT2D eigenvalue weighted by atomic mass is 9.95. The van der Waals surface area contributed by atoms with E-state index < -0.39 is 0 Å². The fourth-order valence-electron chi connectivity index (χ4n) is 3.55. The molecule has 0 radical (unpaired) electrons. The quantitative estimate of drug-likeness (QED) is 0.846. The zero-order valence-electron chi connectivity index (χ0n) is 14.1. The van der Waals surface area contributed by atoms with Crippen LogP contribution in [0.5, 0.6) is 0 Å². The Morgan fingerprint density at radius 3 is 2.48 bits per heavy atom. The molecule has 0 unspecified atom stereocenters. The summed E-state index contributed by atoms with van der Waals surface area (Å²) in [5, 5.41) is 3.21. The predicted octanol–water partition coefficient (Wildman–Crippen LogP) is 3.72. The van der Waals surface area contributed by atoms with Gasteiger partial charge in [-0.15, -0.1) is 0 Å². The van der Waals surface area contributed by atoms with Gasteiger partial charge in [0, 0.05) is 17.1 Å². The first-order valence-electron chi connectivity index (χ1n) is 8.80. The van der Waals surface area contributed by atoms with Gasteiger partial charge in [-0.2, -0.15) is 0 Å². The molecule has 2 aliphatic rings. The summed E-state index contributed by atoms with van der Waals surface area (Å²) >= 11 is 3.46. The first kappa shape index (κ1) is 17.0. The van der Waals surface area contributed by atoms with Crippen molar-refractivity contribution in [3.05, 3.63) is 34.3 Å². The number of carbonyl (C=O) groups is 1. The third kappa shape index (κ3) is 3.80. The SMILES string of the molecule is CC1CCN([C@H](C)CNC(=O)C2(c3ccc(Br)cc3)CC2)CC1. The van der Waals surface area contributed by atoms with Gasteiger partial charge in [0.25, 0.3) is 0 Å². The topological polar surface area (TPSA) is 32.3 Å². The fourth-order valence-corrected chi connectivity index (χ4v) is 3.81. The van der Waals surface area contributed by atoms with Crippen molar-refractivity contribution in [3.8, 4) is 0 Å². The largest absolute Gasteiger partial charge is 0.354 e. The Labute approximate surface area is 148 Å². The van der Waals surface area contributed by atoms with E-state index in [-0.39, 0.29) is 11.3 Å². The van der Waals surface area contributed by atoms with Gasteiger partial charge in [-0.3, -0.25) is 9.69 Å². The number of nitrogens with zero attached hydrogens (tertiary/aromatic N) is 1. The molecule has 0 aromatic heterocycles. The van der Waals surface area contributed by atoms with E-state index in [9.17, 15) is 4.79 Å². The number of likely N-dealkylation sites (tertiary alicyclic amines) is 1. The van der Waals surface area contributed by atoms with Crippen LogP contribution in [-0.4, -0.2) is 36.5 Å². The number of amides is 1. The van der Waals surface area contributed by atoms with Crippen LogP contribution in [0, 0.1) is 5.92 Å². The van der Waals surface area contributed by atoms with Crippen LogP contribution in [-0.2, 0) is 10.2 Å². The maximum atomic E-state index is 12.7. The summed E-state index contributed by atoms with van der Waals surface area (Å²) in [6.07, 6.45) is 4.49. The van der Waals surface area contributed by atoms with Crippen LogP contribution in [0.15, 0.2) is 28.7 Å². The Kier molecular flexibility index (Phi) is 5.12. The standard InChI is InChI=1S/C19H27BrN2O/c1-14-7-11-22(12-8-14)15(2)13-21-18(23)19(9-10-19)16-3-5-17(20)6-4-16/h3-6,14-15H,7-13H2,1-2H3,(H,21,23)/t15-/m1/s1. The molecule has 0 bridgehead atoms. The maximum absolute atomic E-state index is 12.7. The van der Waals surface area contributed by atoms with Crippen molar-refractivity contribution < 1.29 is 4.79 Å². The molecule has 0 spiro atoms. The normalized spacial score (nSPS) is 22.6. The van der Waals surface area contributed by atoms with Crippen LogP contribution in [0.4, 0.5) is 0 Å². The van der Waals surface area contributed by atoms with Gasteiger partial charge in [0.05, 0.1) is 5.41 Å². The van der Waals surface area contributed by atoms with Crippen LogP contribution < -0.4 is 5.32 Å². The summed E-state index contributed by atoms with van der Waals surface area (Å²) in [6.45, 7) is 7.64. The number of piperidine rings is 1. The van der Waals surface area contributed by atoms with Crippen molar-refractivity contribution in [1.29, 1.82) is 0 Å². The van der Waals surface area contributed by atoms with Gasteiger partial charge in [-0.1, -0.05) is 35.0 Å². The molecule has 1 atom stereocenters. The van der Waals surface area contributed by atoms with E-state index in [0.29, 0.717) is 6.04 Å². The van der Waals surface area contributed by atoms with E-state index in [1.807, 2.05) is 12.1 Å². The van der Waals surface area contributed by atoms with Crippen LogP contribution >= 0.6 is 15.9 Å². The molecule has 1 aliphatic heterocycles. The third-order valence-electron chi connectivity index (χ3n) is 5.58. The lowest BCUT2D eigenvalue weighted by Gasteiger charge is -2.35. The summed E-state index contributed by atoms with van der Waals surface area (Å²) in [5.74, 6) is 1.05. The second kappa shape index (κ2) is 6.94. The van der Waals surface area contributed by atoms with Gasteiger partial charge < -0.3 is 5.32 Å². The van der Waals surface area contributed by atoms with E-state index >= 15 is 0 Å². The smallest absolute Gasteiger partial charge is 0.230 e. The van der Waals surface area contributed by atoms with E-state index in [2.05, 4.69) is 52.1 Å². The number of rotatable bonds is 5. The second-order valence-electron chi connectivity index (χ2n) is 7.37. The summed E-state index contributed by atoms with van der Waals surface area (Å²) < 4.78 is 1.06. The fraction of sp³-hybridized carbons (Fsp3) is 0.632. The molecule has 4 heteroatoms. The molecule has 1 aromatic rings. The molecule has 1 aliphatic carbocycles. The van der Waals surface area contributed by atoms with Crippen LogP contribution in [0.1, 0.15) is 45.1 Å². The molecule has 1 saturated heterocycles. The van der Waals surface area contributed by atoms with Crippen molar-refractivity contribution in [3.63, 3.8) is 0 Å². The first-order valence-corrected chi connectivity index (χ1v) is 9.59. The third-order valence-corrected chi connectivity index (χ3v) is 6.11. The zero-order valence-corrected chi connectivity index (χ0v) is 15.7. The van der Waals surface area contributed by atoms with Crippen LogP contribution in [0.25, 0.3) is 0 Å². The summed E-state index contributed by atoms with van der Waals surface area (Å²) in [4.78, 5) is 15.2. The summed E-state index contributed by atoms with van der Waals surface area (Å²) in [6, 6.07) is 8.63. The molecule has 23 heavy (non-hydrogen) atoms. The Hall–Kier alpha value is -0.870. The van der Waals surface area contributed by atoms with Crippen LogP contribution in [0.3, 0.4) is 0 Å². The molecular weight excluding hydrogens is 352 g/mol. The number of hydrogen-bond donors (Lipinski definition) is 1. The minimum Gasteiger partial charge on any atom is -0.354 e. The van der Waals surface area contributed by atoms with Gasteiger partial charge in [0.15, 0.2) is 0 Å². The molecule has 1 aromatic carbocycles. The highest BCUT2D eigenvalue weighted by Crippen LogP contribution is 2.48. The molecule has 3 nitrogen and oxygen atoms in total. The number of hydrogen-bond acceptors (Lipinski definition) is 2. The van der Waals surface area contributed by atoms with Crippen molar-refractivity contribution >= 4 is 21.8 Å². The van der Waals surface area contributed by atoms with E-state index in [4.69, 9.17) is 0 Å². The number of halogens is 1. The highest BCUT2D eigenvalue weighted by atomic mass is 79.9. The predicted molar refractivity (Wildman–Crippen MR) is 97.5 cm³/mol. The Morgan fingerprint density at radius 2 is 1.91 bits per heavy atom. The van der Waals surface area contributed by atoms with Crippen LogP contribution in [0.2, 0.25) is 0 Å². The van der Waals surface area contributed by atoms with Crippen molar-refractivity contribution in [1.82, 2.24) is 10.2 Å². The van der Waals surface area contributed by atoms with E-state index in [1.54, 1.807) is 0 Å². The minimum atomic E-state index is -0.267. The Bertz CT molecular complexity index is 545. The second-order valence-corrected chi connectivity index (χ2v) is 8.28. The Morgan fingerprint density at radius 1 is 1.30 bits per heavy atom. The molecule has 126 valence electrons. The molecule has 2 fully saturated rings. The molecule has 3 rings (SSSR count). The number of benzene rings is 1.